The molecule has 0 unspecified atom stereocenters. The van der Waals surface area contributed by atoms with Gasteiger partial charge in [0.2, 0.25) is 0 Å². The minimum atomic E-state index is 0.418. The Labute approximate surface area is 116 Å². The zero-order chi connectivity index (χ0) is 13.5. The van der Waals surface area contributed by atoms with Crippen molar-refractivity contribution in [1.82, 2.24) is 4.90 Å². The molecule has 0 N–H and O–H groups in total. The molecule has 0 amide bonds. The molecule has 1 aliphatic rings. The number of hydrogen-bond donors (Lipinski definition) is 0. The number of hydrogen-bond acceptors (Lipinski definition) is 3. The normalized spacial score (nSPS) is 19.6. The third-order valence-electron chi connectivity index (χ3n) is 3.48. The highest BCUT2D eigenvalue weighted by molar-refractivity contribution is 5.27. The van der Waals surface area contributed by atoms with Crippen molar-refractivity contribution in [3.8, 4) is 5.75 Å². The Balaban J connectivity index is 1.78. The molecule has 2 rings (SSSR count). The smallest absolute Gasteiger partial charge is 0.119 e. The van der Waals surface area contributed by atoms with Crippen LogP contribution in [-0.2, 0) is 11.3 Å². The van der Waals surface area contributed by atoms with Crippen molar-refractivity contribution in [1.29, 1.82) is 0 Å². The topological polar surface area (TPSA) is 21.7 Å². The van der Waals surface area contributed by atoms with Gasteiger partial charge in [0.05, 0.1) is 12.7 Å². The summed E-state index contributed by atoms with van der Waals surface area (Å²) in [5.74, 6) is 0.949. The van der Waals surface area contributed by atoms with E-state index in [2.05, 4.69) is 24.1 Å². The minimum absolute atomic E-state index is 0.418. The zero-order valence-electron chi connectivity index (χ0n) is 12.1. The van der Waals surface area contributed by atoms with Crippen molar-refractivity contribution in [2.24, 2.45) is 0 Å². The van der Waals surface area contributed by atoms with Crippen molar-refractivity contribution in [3.05, 3.63) is 29.8 Å². The molecule has 1 atom stereocenters. The lowest BCUT2D eigenvalue weighted by molar-refractivity contribution is -0.00259. The van der Waals surface area contributed by atoms with E-state index in [1.807, 2.05) is 19.1 Å². The summed E-state index contributed by atoms with van der Waals surface area (Å²) in [6, 6.07) is 8.38. The lowest BCUT2D eigenvalue weighted by Gasteiger charge is -2.27. The molecule has 1 fully saturated rings. The van der Waals surface area contributed by atoms with E-state index in [0.717, 1.165) is 32.1 Å². The van der Waals surface area contributed by atoms with Gasteiger partial charge in [-0.3, -0.25) is 4.90 Å². The first-order chi connectivity index (χ1) is 9.28. The lowest BCUT2D eigenvalue weighted by Crippen LogP contribution is -2.33. The van der Waals surface area contributed by atoms with E-state index in [9.17, 15) is 0 Å². The van der Waals surface area contributed by atoms with Gasteiger partial charge in [0.15, 0.2) is 0 Å². The Kier molecular flexibility index (Phi) is 5.67. The molecular weight excluding hydrogens is 238 g/mol. The summed E-state index contributed by atoms with van der Waals surface area (Å²) >= 11 is 0. The summed E-state index contributed by atoms with van der Waals surface area (Å²) in [6.45, 7) is 5.64. The van der Waals surface area contributed by atoms with E-state index in [1.54, 1.807) is 0 Å². The van der Waals surface area contributed by atoms with E-state index in [4.69, 9.17) is 9.47 Å². The van der Waals surface area contributed by atoms with Crippen molar-refractivity contribution in [2.75, 3.05) is 26.8 Å². The monoisotopic (exact) mass is 263 g/mol. The Morgan fingerprint density at radius 3 is 2.68 bits per heavy atom. The van der Waals surface area contributed by atoms with Crippen molar-refractivity contribution >= 4 is 0 Å². The molecule has 1 aromatic rings. The first-order valence-corrected chi connectivity index (χ1v) is 7.30. The summed E-state index contributed by atoms with van der Waals surface area (Å²) in [6.07, 6.45) is 4.15. The van der Waals surface area contributed by atoms with Crippen LogP contribution >= 0.6 is 0 Å². The van der Waals surface area contributed by atoms with Crippen LogP contribution in [0.2, 0.25) is 0 Å². The van der Waals surface area contributed by atoms with E-state index in [0.29, 0.717) is 6.10 Å². The average molecular weight is 263 g/mol. The van der Waals surface area contributed by atoms with Crippen molar-refractivity contribution in [2.45, 2.75) is 38.8 Å². The Morgan fingerprint density at radius 2 is 2.05 bits per heavy atom. The molecule has 0 aromatic heterocycles. The Morgan fingerprint density at radius 1 is 1.26 bits per heavy atom. The highest BCUT2D eigenvalue weighted by Gasteiger charge is 2.15. The molecule has 1 saturated heterocycles. The van der Waals surface area contributed by atoms with Gasteiger partial charge in [0.1, 0.15) is 5.75 Å². The fourth-order valence-corrected chi connectivity index (χ4v) is 2.53. The summed E-state index contributed by atoms with van der Waals surface area (Å²) < 4.78 is 11.2. The molecule has 3 heteroatoms. The number of benzene rings is 1. The van der Waals surface area contributed by atoms with Gasteiger partial charge < -0.3 is 9.47 Å². The highest BCUT2D eigenvalue weighted by Crippen LogP contribution is 2.16. The highest BCUT2D eigenvalue weighted by atomic mass is 16.5. The number of nitrogens with zero attached hydrogens (tertiary/aromatic N) is 1. The van der Waals surface area contributed by atoms with Gasteiger partial charge in [0, 0.05) is 19.7 Å². The standard InChI is InChI=1S/C16H25NO2/c1-3-18-15-9-7-14(8-10-15)12-17(2)13-16-6-4-5-11-19-16/h7-10,16H,3-6,11-13H2,1-2H3/t16-/m1/s1. The molecule has 0 radical (unpaired) electrons. The van der Waals surface area contributed by atoms with E-state index < -0.39 is 0 Å². The summed E-state index contributed by atoms with van der Waals surface area (Å²) in [5.41, 5.74) is 1.32. The second kappa shape index (κ2) is 7.51. The summed E-state index contributed by atoms with van der Waals surface area (Å²) in [5, 5.41) is 0. The molecule has 0 spiro atoms. The van der Waals surface area contributed by atoms with E-state index in [-0.39, 0.29) is 0 Å². The maximum Gasteiger partial charge on any atom is 0.119 e. The van der Waals surface area contributed by atoms with Crippen LogP contribution < -0.4 is 4.74 Å². The maximum atomic E-state index is 5.78. The molecule has 3 nitrogen and oxygen atoms in total. The van der Waals surface area contributed by atoms with Gasteiger partial charge >= 0.3 is 0 Å². The predicted molar refractivity (Wildman–Crippen MR) is 77.5 cm³/mol. The van der Waals surface area contributed by atoms with Crippen molar-refractivity contribution in [3.63, 3.8) is 0 Å². The third kappa shape index (κ3) is 4.84. The van der Waals surface area contributed by atoms with Crippen LogP contribution in [-0.4, -0.2) is 37.8 Å². The Bertz CT molecular complexity index is 358. The first-order valence-electron chi connectivity index (χ1n) is 7.30. The molecule has 1 aliphatic heterocycles. The fourth-order valence-electron chi connectivity index (χ4n) is 2.53. The zero-order valence-corrected chi connectivity index (χ0v) is 12.1. The van der Waals surface area contributed by atoms with Gasteiger partial charge in [-0.1, -0.05) is 12.1 Å². The summed E-state index contributed by atoms with van der Waals surface area (Å²) in [4.78, 5) is 2.34. The van der Waals surface area contributed by atoms with Crippen LogP contribution in [0.15, 0.2) is 24.3 Å². The van der Waals surface area contributed by atoms with Gasteiger partial charge in [-0.25, -0.2) is 0 Å². The van der Waals surface area contributed by atoms with Gasteiger partial charge in [0.25, 0.3) is 0 Å². The van der Waals surface area contributed by atoms with Gasteiger partial charge in [-0.2, -0.15) is 0 Å². The van der Waals surface area contributed by atoms with Crippen molar-refractivity contribution < 1.29 is 9.47 Å². The molecule has 19 heavy (non-hydrogen) atoms. The fraction of sp³-hybridized carbons (Fsp3) is 0.625. The maximum absolute atomic E-state index is 5.78. The second-order valence-electron chi connectivity index (χ2n) is 5.26. The first kappa shape index (κ1) is 14.4. The molecule has 0 aliphatic carbocycles. The molecule has 1 heterocycles. The molecule has 106 valence electrons. The van der Waals surface area contributed by atoms with Crippen LogP contribution in [0, 0.1) is 0 Å². The van der Waals surface area contributed by atoms with E-state index in [1.165, 1.54) is 24.8 Å². The lowest BCUT2D eigenvalue weighted by atomic mass is 10.1. The largest absolute Gasteiger partial charge is 0.494 e. The molecule has 0 bridgehead atoms. The second-order valence-corrected chi connectivity index (χ2v) is 5.26. The van der Waals surface area contributed by atoms with Crippen LogP contribution in [0.5, 0.6) is 5.75 Å². The number of rotatable bonds is 6. The number of likely N-dealkylation sites (N-methyl/N-ethyl adjacent to an activating group) is 1. The molecule has 1 aromatic carbocycles. The van der Waals surface area contributed by atoms with Gasteiger partial charge in [-0.05, 0) is 50.9 Å². The van der Waals surface area contributed by atoms with Crippen LogP contribution in [0.4, 0.5) is 0 Å². The minimum Gasteiger partial charge on any atom is -0.494 e. The molecular formula is C16H25NO2. The SMILES string of the molecule is CCOc1ccc(CN(C)C[C@H]2CCCCO2)cc1. The Hall–Kier alpha value is -1.06. The quantitative estimate of drug-likeness (QED) is 0.787. The van der Waals surface area contributed by atoms with Crippen LogP contribution in [0.3, 0.4) is 0 Å². The summed E-state index contributed by atoms with van der Waals surface area (Å²) in [7, 11) is 2.16. The molecule has 0 saturated carbocycles. The third-order valence-corrected chi connectivity index (χ3v) is 3.48. The average Bonchev–Trinajstić information content (AvgIpc) is 2.42. The van der Waals surface area contributed by atoms with Gasteiger partial charge in [-0.15, -0.1) is 0 Å². The van der Waals surface area contributed by atoms with Crippen LogP contribution in [0.25, 0.3) is 0 Å². The number of ether oxygens (including phenoxy) is 2. The van der Waals surface area contributed by atoms with Crippen LogP contribution in [0.1, 0.15) is 31.7 Å². The van der Waals surface area contributed by atoms with E-state index >= 15 is 0 Å². The predicted octanol–water partition coefficient (Wildman–Crippen LogP) is 3.09.